The van der Waals surface area contributed by atoms with Crippen LogP contribution in [0.5, 0.6) is 0 Å². The molecule has 2 fully saturated rings. The van der Waals surface area contributed by atoms with Crippen molar-refractivity contribution in [2.24, 2.45) is 0 Å². The van der Waals surface area contributed by atoms with Gasteiger partial charge < -0.3 is 19.3 Å². The Morgan fingerprint density at radius 3 is 2.73 bits per heavy atom. The van der Waals surface area contributed by atoms with Crippen molar-refractivity contribution in [2.45, 2.75) is 69.3 Å². The van der Waals surface area contributed by atoms with Gasteiger partial charge in [0.15, 0.2) is 6.29 Å². The summed E-state index contributed by atoms with van der Waals surface area (Å²) in [4.78, 5) is 12.7. The third kappa shape index (κ3) is 5.59. The lowest BCUT2D eigenvalue weighted by Crippen LogP contribution is -2.41. The van der Waals surface area contributed by atoms with Gasteiger partial charge in [-0.1, -0.05) is 6.07 Å². The van der Waals surface area contributed by atoms with Gasteiger partial charge in [-0.3, -0.25) is 4.79 Å². The maximum absolute atomic E-state index is 13.1. The van der Waals surface area contributed by atoms with E-state index in [0.717, 1.165) is 34.7 Å². The van der Waals surface area contributed by atoms with Gasteiger partial charge in [-0.25, -0.2) is 8.42 Å². The Hall–Kier alpha value is -1.52. The van der Waals surface area contributed by atoms with Gasteiger partial charge in [0.05, 0.1) is 24.2 Å². The Labute approximate surface area is 178 Å². The summed E-state index contributed by atoms with van der Waals surface area (Å²) in [7, 11) is -3.92. The first-order valence-electron chi connectivity index (χ1n) is 10.5. The van der Waals surface area contributed by atoms with Crippen LogP contribution in [0.2, 0.25) is 0 Å². The van der Waals surface area contributed by atoms with Gasteiger partial charge in [0, 0.05) is 26.0 Å². The molecule has 2 saturated heterocycles. The number of sulfonamides is 1. The molecule has 0 amide bonds. The molecule has 2 heterocycles. The van der Waals surface area contributed by atoms with E-state index in [2.05, 4.69) is 0 Å². The van der Waals surface area contributed by atoms with E-state index < -0.39 is 28.1 Å². The lowest BCUT2D eigenvalue weighted by atomic mass is 10.1. The van der Waals surface area contributed by atoms with Crippen LogP contribution in [0.25, 0.3) is 0 Å². The van der Waals surface area contributed by atoms with Crippen LogP contribution in [0.4, 0.5) is 0 Å². The van der Waals surface area contributed by atoms with Gasteiger partial charge in [-0.2, -0.15) is 4.31 Å². The highest BCUT2D eigenvalue weighted by molar-refractivity contribution is 7.89. The average Bonchev–Trinajstić information content (AvgIpc) is 3.13. The first kappa shape index (κ1) is 23.1. The molecule has 2 aliphatic rings. The standard InChI is InChI=1S/C21H31NO7S/c1-15-7-8-18(12-16(15)2)30(25,26)22-14-17(23)13-19(22)21(24)29-11-5-10-28-20-6-3-4-9-27-20/h7-8,12,17,19-20,23H,3-6,9-11,13-14H2,1-2H3/t17-,19+,20+/m1/s1. The summed E-state index contributed by atoms with van der Waals surface area (Å²) >= 11 is 0. The Morgan fingerprint density at radius 2 is 2.03 bits per heavy atom. The monoisotopic (exact) mass is 441 g/mol. The molecule has 0 unspecified atom stereocenters. The number of ether oxygens (including phenoxy) is 3. The number of benzene rings is 1. The summed E-state index contributed by atoms with van der Waals surface area (Å²) in [5.41, 5.74) is 1.82. The summed E-state index contributed by atoms with van der Waals surface area (Å²) in [5, 5.41) is 10.0. The van der Waals surface area contributed by atoms with E-state index in [9.17, 15) is 18.3 Å². The molecule has 1 aromatic carbocycles. The zero-order valence-electron chi connectivity index (χ0n) is 17.6. The molecular formula is C21H31NO7S. The molecule has 0 bridgehead atoms. The van der Waals surface area contributed by atoms with Crippen molar-refractivity contribution in [3.05, 3.63) is 29.3 Å². The molecule has 168 valence electrons. The van der Waals surface area contributed by atoms with Gasteiger partial charge in [0.25, 0.3) is 0 Å². The zero-order valence-corrected chi connectivity index (χ0v) is 18.4. The van der Waals surface area contributed by atoms with Crippen molar-refractivity contribution in [2.75, 3.05) is 26.4 Å². The Bertz CT molecular complexity index is 836. The molecular weight excluding hydrogens is 410 g/mol. The fourth-order valence-electron chi connectivity index (χ4n) is 3.66. The number of esters is 1. The minimum absolute atomic E-state index is 0.0231. The number of aryl methyl sites for hydroxylation is 2. The zero-order chi connectivity index (χ0) is 21.7. The molecule has 1 aromatic rings. The molecule has 0 saturated carbocycles. The number of β-amino-alcohol motifs (C(OH)–C–C–N with tert-alkyl or cyclic N) is 1. The number of aliphatic hydroxyl groups excluding tert-OH is 1. The highest BCUT2D eigenvalue weighted by Gasteiger charge is 2.44. The number of hydrogen-bond donors (Lipinski definition) is 1. The van der Waals surface area contributed by atoms with Crippen molar-refractivity contribution in [1.82, 2.24) is 4.31 Å². The summed E-state index contributed by atoms with van der Waals surface area (Å²) in [6.07, 6.45) is 2.40. The fourth-order valence-corrected chi connectivity index (χ4v) is 5.37. The predicted molar refractivity (Wildman–Crippen MR) is 109 cm³/mol. The van der Waals surface area contributed by atoms with Crippen molar-refractivity contribution in [3.63, 3.8) is 0 Å². The molecule has 3 rings (SSSR count). The molecule has 8 nitrogen and oxygen atoms in total. The van der Waals surface area contributed by atoms with E-state index in [1.165, 1.54) is 6.07 Å². The first-order chi connectivity index (χ1) is 14.3. The van der Waals surface area contributed by atoms with E-state index in [0.29, 0.717) is 19.6 Å². The Kier molecular flexibility index (Phi) is 7.86. The van der Waals surface area contributed by atoms with Gasteiger partial charge in [-0.15, -0.1) is 0 Å². The summed E-state index contributed by atoms with van der Waals surface area (Å²) in [6, 6.07) is 3.81. The van der Waals surface area contributed by atoms with E-state index >= 15 is 0 Å². The first-order valence-corrected chi connectivity index (χ1v) is 11.9. The number of rotatable bonds is 8. The van der Waals surface area contributed by atoms with E-state index in [-0.39, 0.29) is 30.8 Å². The second-order valence-electron chi connectivity index (χ2n) is 7.91. The molecule has 1 N–H and O–H groups in total. The van der Waals surface area contributed by atoms with Crippen LogP contribution in [-0.4, -0.2) is 68.6 Å². The van der Waals surface area contributed by atoms with Crippen LogP contribution in [-0.2, 0) is 29.0 Å². The lowest BCUT2D eigenvalue weighted by Gasteiger charge is -2.23. The normalized spacial score (nSPS) is 25.4. The van der Waals surface area contributed by atoms with Gasteiger partial charge in [0.1, 0.15) is 6.04 Å². The van der Waals surface area contributed by atoms with Crippen LogP contribution >= 0.6 is 0 Å². The third-order valence-electron chi connectivity index (χ3n) is 5.57. The van der Waals surface area contributed by atoms with Gasteiger partial charge in [0.2, 0.25) is 10.0 Å². The van der Waals surface area contributed by atoms with Crippen LogP contribution in [0.1, 0.15) is 43.2 Å². The molecule has 0 aliphatic carbocycles. The molecule has 0 aromatic heterocycles. The van der Waals surface area contributed by atoms with Crippen LogP contribution in [0.3, 0.4) is 0 Å². The van der Waals surface area contributed by atoms with Crippen molar-refractivity contribution >= 4 is 16.0 Å². The largest absolute Gasteiger partial charge is 0.464 e. The van der Waals surface area contributed by atoms with Crippen LogP contribution in [0.15, 0.2) is 23.1 Å². The molecule has 0 radical (unpaired) electrons. The summed E-state index contributed by atoms with van der Waals surface area (Å²) < 4.78 is 43.6. The van der Waals surface area contributed by atoms with Crippen molar-refractivity contribution in [1.29, 1.82) is 0 Å². The number of hydrogen-bond acceptors (Lipinski definition) is 7. The van der Waals surface area contributed by atoms with Crippen LogP contribution < -0.4 is 0 Å². The third-order valence-corrected chi connectivity index (χ3v) is 7.44. The SMILES string of the molecule is Cc1ccc(S(=O)(=O)N2C[C@H](O)C[C@H]2C(=O)OCCCO[C@H]2CCCCO2)cc1C. The second kappa shape index (κ2) is 10.2. The Morgan fingerprint density at radius 1 is 1.23 bits per heavy atom. The summed E-state index contributed by atoms with van der Waals surface area (Å²) in [6.45, 7) is 4.83. The van der Waals surface area contributed by atoms with Crippen LogP contribution in [0, 0.1) is 13.8 Å². The van der Waals surface area contributed by atoms with Crippen molar-refractivity contribution < 1.29 is 32.5 Å². The average molecular weight is 442 g/mol. The van der Waals surface area contributed by atoms with Crippen molar-refractivity contribution in [3.8, 4) is 0 Å². The molecule has 3 atom stereocenters. The van der Waals surface area contributed by atoms with E-state index in [1.54, 1.807) is 12.1 Å². The molecule has 30 heavy (non-hydrogen) atoms. The number of carbonyl (C=O) groups excluding carboxylic acids is 1. The topological polar surface area (TPSA) is 102 Å². The Balaban J connectivity index is 1.55. The number of carbonyl (C=O) groups is 1. The highest BCUT2D eigenvalue weighted by Crippen LogP contribution is 2.28. The smallest absolute Gasteiger partial charge is 0.324 e. The van der Waals surface area contributed by atoms with E-state index in [4.69, 9.17) is 14.2 Å². The lowest BCUT2D eigenvalue weighted by molar-refractivity contribution is -0.165. The minimum Gasteiger partial charge on any atom is -0.464 e. The van der Waals surface area contributed by atoms with E-state index in [1.807, 2.05) is 13.8 Å². The molecule has 0 spiro atoms. The fraction of sp³-hybridized carbons (Fsp3) is 0.667. The maximum Gasteiger partial charge on any atom is 0.324 e. The summed E-state index contributed by atoms with van der Waals surface area (Å²) in [5.74, 6) is -0.645. The minimum atomic E-state index is -3.92. The maximum atomic E-state index is 13.1. The van der Waals surface area contributed by atoms with Gasteiger partial charge in [-0.05, 0) is 56.4 Å². The molecule has 2 aliphatic heterocycles. The number of aliphatic hydroxyl groups is 1. The predicted octanol–water partition coefficient (Wildman–Crippen LogP) is 1.90. The number of nitrogens with zero attached hydrogens (tertiary/aromatic N) is 1. The quantitative estimate of drug-likeness (QED) is 0.486. The highest BCUT2D eigenvalue weighted by atomic mass is 32.2. The second-order valence-corrected chi connectivity index (χ2v) is 9.80. The van der Waals surface area contributed by atoms with Gasteiger partial charge >= 0.3 is 5.97 Å². The molecule has 9 heteroatoms.